The van der Waals surface area contributed by atoms with Gasteiger partial charge < -0.3 is 5.73 Å². The minimum Gasteiger partial charge on any atom is -0.326 e. The van der Waals surface area contributed by atoms with Crippen LogP contribution in [0, 0.1) is 5.95 Å². The number of carbonyl (C=O) groups is 1. The van der Waals surface area contributed by atoms with Crippen LogP contribution in [0.3, 0.4) is 0 Å². The van der Waals surface area contributed by atoms with Gasteiger partial charge in [0.2, 0.25) is 5.95 Å². The van der Waals surface area contributed by atoms with Gasteiger partial charge in [-0.25, -0.2) is 13.8 Å². The number of nitrogens with zero attached hydrogens (tertiary/aromatic N) is 1. The summed E-state index contributed by atoms with van der Waals surface area (Å²) in [6, 6.07) is 0.583. The molecule has 1 aromatic heterocycles. The third kappa shape index (κ3) is 1.90. The van der Waals surface area contributed by atoms with E-state index in [1.54, 1.807) is 0 Å². The molecule has 0 spiro atoms. The number of alkyl halides is 2. The van der Waals surface area contributed by atoms with Gasteiger partial charge in [0.15, 0.2) is 6.29 Å². The van der Waals surface area contributed by atoms with Crippen molar-refractivity contribution in [2.75, 3.05) is 0 Å². The number of aromatic nitrogens is 1. The van der Waals surface area contributed by atoms with E-state index in [1.807, 2.05) is 0 Å². The van der Waals surface area contributed by atoms with Gasteiger partial charge in [0.25, 0.3) is 6.43 Å². The van der Waals surface area contributed by atoms with Crippen LogP contribution in [0.25, 0.3) is 0 Å². The van der Waals surface area contributed by atoms with Crippen LogP contribution in [0.2, 0.25) is 0 Å². The molecule has 0 saturated carbocycles. The Morgan fingerprint density at radius 1 is 1.57 bits per heavy atom. The van der Waals surface area contributed by atoms with Gasteiger partial charge in [-0.2, -0.15) is 4.39 Å². The van der Waals surface area contributed by atoms with E-state index < -0.39 is 17.9 Å². The molecule has 0 aliphatic rings. The van der Waals surface area contributed by atoms with E-state index in [0.717, 1.165) is 0 Å². The molecule has 0 fully saturated rings. The fourth-order valence-corrected chi connectivity index (χ4v) is 1.09. The van der Waals surface area contributed by atoms with Crippen molar-refractivity contribution in [3.8, 4) is 0 Å². The zero-order chi connectivity index (χ0) is 10.7. The molecule has 76 valence electrons. The van der Waals surface area contributed by atoms with E-state index in [0.29, 0.717) is 6.07 Å². The van der Waals surface area contributed by atoms with Crippen molar-refractivity contribution in [1.29, 1.82) is 0 Å². The summed E-state index contributed by atoms with van der Waals surface area (Å²) in [4.78, 5) is 13.5. The van der Waals surface area contributed by atoms with E-state index >= 15 is 0 Å². The Hall–Kier alpha value is -1.43. The topological polar surface area (TPSA) is 56.0 Å². The van der Waals surface area contributed by atoms with Crippen LogP contribution in [0.1, 0.15) is 28.0 Å². The first kappa shape index (κ1) is 10.6. The second-order valence-corrected chi connectivity index (χ2v) is 2.52. The van der Waals surface area contributed by atoms with Gasteiger partial charge >= 0.3 is 0 Å². The highest BCUT2D eigenvalue weighted by atomic mass is 19.3. The van der Waals surface area contributed by atoms with Crippen LogP contribution in [0.5, 0.6) is 0 Å². The fraction of sp³-hybridized carbons (Fsp3) is 0.250. The van der Waals surface area contributed by atoms with Crippen molar-refractivity contribution in [1.82, 2.24) is 4.98 Å². The second kappa shape index (κ2) is 4.19. The quantitative estimate of drug-likeness (QED) is 0.598. The first-order valence-electron chi connectivity index (χ1n) is 3.72. The molecule has 1 aromatic rings. The molecule has 6 heteroatoms. The molecule has 1 heterocycles. The maximum atomic E-state index is 12.6. The van der Waals surface area contributed by atoms with Crippen LogP contribution in [0.15, 0.2) is 6.07 Å². The van der Waals surface area contributed by atoms with Crippen LogP contribution in [0.4, 0.5) is 13.2 Å². The summed E-state index contributed by atoms with van der Waals surface area (Å²) in [5.41, 5.74) is 4.09. The molecule has 2 N–H and O–H groups in total. The van der Waals surface area contributed by atoms with Gasteiger partial charge in [-0.3, -0.25) is 4.79 Å². The third-order valence-corrected chi connectivity index (χ3v) is 1.71. The molecule has 0 bridgehead atoms. The first-order valence-corrected chi connectivity index (χ1v) is 3.72. The number of carbonyl (C=O) groups excluding carboxylic acids is 1. The molecule has 0 aliphatic carbocycles. The maximum Gasteiger partial charge on any atom is 0.264 e. The average Bonchev–Trinajstić information content (AvgIpc) is 2.16. The minimum atomic E-state index is -2.87. The van der Waals surface area contributed by atoms with Crippen molar-refractivity contribution < 1.29 is 18.0 Å². The lowest BCUT2D eigenvalue weighted by atomic mass is 10.1. The summed E-state index contributed by atoms with van der Waals surface area (Å²) in [6.45, 7) is -0.277. The molecule has 0 aromatic carbocycles. The molecule has 1 rings (SSSR count). The Labute approximate surface area is 77.7 Å². The van der Waals surface area contributed by atoms with Gasteiger partial charge in [0, 0.05) is 23.7 Å². The Kier molecular flexibility index (Phi) is 3.19. The van der Waals surface area contributed by atoms with E-state index in [1.165, 1.54) is 0 Å². The first-order chi connectivity index (χ1) is 6.60. The Balaban J connectivity index is 3.39. The highest BCUT2D eigenvalue weighted by molar-refractivity contribution is 5.74. The summed E-state index contributed by atoms with van der Waals surface area (Å²) in [7, 11) is 0. The zero-order valence-corrected chi connectivity index (χ0v) is 7.01. The molecule has 0 radical (unpaired) electrons. The van der Waals surface area contributed by atoms with Crippen molar-refractivity contribution >= 4 is 6.29 Å². The predicted molar refractivity (Wildman–Crippen MR) is 42.4 cm³/mol. The van der Waals surface area contributed by atoms with Gasteiger partial charge in [-0.05, 0) is 0 Å². The fourth-order valence-electron chi connectivity index (χ4n) is 1.09. The summed E-state index contributed by atoms with van der Waals surface area (Å²) in [5, 5.41) is 0. The predicted octanol–water partition coefficient (Wildman–Crippen LogP) is 1.43. The van der Waals surface area contributed by atoms with E-state index in [9.17, 15) is 18.0 Å². The zero-order valence-electron chi connectivity index (χ0n) is 7.01. The number of nitrogens with two attached hydrogens (primary N) is 1. The van der Waals surface area contributed by atoms with E-state index in [4.69, 9.17) is 5.73 Å². The molecule has 0 atom stereocenters. The van der Waals surface area contributed by atoms with Crippen molar-refractivity contribution in [3.63, 3.8) is 0 Å². The molecule has 3 nitrogen and oxygen atoms in total. The molecule has 14 heavy (non-hydrogen) atoms. The smallest absolute Gasteiger partial charge is 0.264 e. The summed E-state index contributed by atoms with van der Waals surface area (Å²) < 4.78 is 37.3. The van der Waals surface area contributed by atoms with Crippen LogP contribution < -0.4 is 5.73 Å². The van der Waals surface area contributed by atoms with E-state index in [-0.39, 0.29) is 24.1 Å². The Bertz CT molecular complexity index is 355. The number of hydrogen-bond donors (Lipinski definition) is 1. The lowest BCUT2D eigenvalue weighted by Crippen LogP contribution is -2.09. The lowest BCUT2D eigenvalue weighted by Gasteiger charge is -2.08. The number of aldehydes is 1. The third-order valence-electron chi connectivity index (χ3n) is 1.71. The monoisotopic (exact) mass is 204 g/mol. The van der Waals surface area contributed by atoms with Gasteiger partial charge in [-0.15, -0.1) is 0 Å². The van der Waals surface area contributed by atoms with Crippen LogP contribution in [-0.2, 0) is 6.54 Å². The number of halogens is 3. The van der Waals surface area contributed by atoms with Crippen LogP contribution >= 0.6 is 0 Å². The molecule has 0 saturated heterocycles. The number of hydrogen-bond acceptors (Lipinski definition) is 3. The summed E-state index contributed by atoms with van der Waals surface area (Å²) >= 11 is 0. The highest BCUT2D eigenvalue weighted by Crippen LogP contribution is 2.24. The highest BCUT2D eigenvalue weighted by Gasteiger charge is 2.17. The standard InChI is InChI=1S/C8H7F3N2O/c9-7-1-4(8(10)11)5(2-12)6(3-14)13-7/h1,3,8H,2,12H2. The van der Waals surface area contributed by atoms with Crippen molar-refractivity contribution in [2.45, 2.75) is 13.0 Å². The SMILES string of the molecule is NCc1c(C(F)F)cc(F)nc1C=O. The lowest BCUT2D eigenvalue weighted by molar-refractivity contribution is 0.111. The summed E-state index contributed by atoms with van der Waals surface area (Å²) in [6.07, 6.45) is -2.67. The minimum absolute atomic E-state index is 0.114. The van der Waals surface area contributed by atoms with Gasteiger partial charge in [0.05, 0.1) is 0 Å². The van der Waals surface area contributed by atoms with Crippen LogP contribution in [-0.4, -0.2) is 11.3 Å². The molecular weight excluding hydrogens is 197 g/mol. The average molecular weight is 204 g/mol. The number of rotatable bonds is 3. The molecular formula is C8H7F3N2O. The molecule has 0 amide bonds. The molecule has 0 unspecified atom stereocenters. The summed E-state index contributed by atoms with van der Waals surface area (Å²) in [5.74, 6) is -1.11. The maximum absolute atomic E-state index is 12.6. The largest absolute Gasteiger partial charge is 0.326 e. The van der Waals surface area contributed by atoms with Gasteiger partial charge in [0.1, 0.15) is 5.69 Å². The van der Waals surface area contributed by atoms with Crippen molar-refractivity contribution in [2.24, 2.45) is 5.73 Å². The number of pyridine rings is 1. The molecule has 0 aliphatic heterocycles. The Morgan fingerprint density at radius 2 is 2.21 bits per heavy atom. The van der Waals surface area contributed by atoms with Crippen molar-refractivity contribution in [3.05, 3.63) is 28.8 Å². The van der Waals surface area contributed by atoms with E-state index in [2.05, 4.69) is 4.98 Å². The normalized spacial score (nSPS) is 10.6. The van der Waals surface area contributed by atoms with Gasteiger partial charge in [-0.1, -0.05) is 0 Å². The second-order valence-electron chi connectivity index (χ2n) is 2.52. The Morgan fingerprint density at radius 3 is 2.64 bits per heavy atom.